The van der Waals surface area contributed by atoms with Crippen molar-refractivity contribution in [3.63, 3.8) is 0 Å². The number of benzene rings is 8. The molecule has 1 atom stereocenters. The lowest BCUT2D eigenvalue weighted by atomic mass is 9.97. The van der Waals surface area contributed by atoms with E-state index in [1.807, 2.05) is 109 Å². The van der Waals surface area contributed by atoms with E-state index in [1.165, 1.54) is 0 Å². The first-order chi connectivity index (χ1) is 28.1. The minimum atomic E-state index is -0.0386. The van der Waals surface area contributed by atoms with Crippen LogP contribution in [0, 0.1) is 27.9 Å². The molecule has 0 fully saturated rings. The summed E-state index contributed by atoms with van der Waals surface area (Å²) in [6, 6.07) is 57.1. The molecule has 7 nitrogen and oxygen atoms in total. The summed E-state index contributed by atoms with van der Waals surface area (Å²) in [5, 5.41) is 41.8. The third kappa shape index (κ3) is 4.19. The Bertz CT molecular complexity index is 3650. The molecule has 0 saturated heterocycles. The summed E-state index contributed by atoms with van der Waals surface area (Å²) in [6.07, 6.45) is 0. The zero-order valence-electron chi connectivity index (χ0n) is 30.1. The maximum Gasteiger partial charge on any atom is 0.169 e. The Kier molecular flexibility index (Phi) is 6.36. The first-order valence-corrected chi connectivity index (χ1v) is 18.8. The fraction of sp³-hybridized carbons (Fsp3) is 0. The molecular weight excluding hydrogens is 703 g/mol. The number of nitriles is 2. The molecule has 0 radical (unpaired) electrons. The van der Waals surface area contributed by atoms with E-state index in [0.29, 0.717) is 28.2 Å². The van der Waals surface area contributed by atoms with E-state index in [1.54, 1.807) is 0 Å². The van der Waals surface area contributed by atoms with Gasteiger partial charge in [-0.05, 0) is 66.2 Å². The van der Waals surface area contributed by atoms with E-state index in [4.69, 9.17) is 4.42 Å². The van der Waals surface area contributed by atoms with Gasteiger partial charge in [0, 0.05) is 55.2 Å². The van der Waals surface area contributed by atoms with Gasteiger partial charge in [-0.2, -0.15) is 10.5 Å². The van der Waals surface area contributed by atoms with Crippen LogP contribution < -0.4 is 5.06 Å². The van der Waals surface area contributed by atoms with Gasteiger partial charge in [-0.25, -0.2) is 0 Å². The van der Waals surface area contributed by atoms with Crippen LogP contribution in [0.2, 0.25) is 0 Å². The van der Waals surface area contributed by atoms with Crippen LogP contribution in [0.25, 0.3) is 99.2 Å². The van der Waals surface area contributed by atoms with Gasteiger partial charge in [-0.15, -0.1) is 0 Å². The first-order valence-electron chi connectivity index (χ1n) is 18.8. The molecule has 264 valence electrons. The Labute approximate surface area is 324 Å². The lowest BCUT2D eigenvalue weighted by Gasteiger charge is -2.21. The molecule has 0 aliphatic carbocycles. The van der Waals surface area contributed by atoms with Crippen molar-refractivity contribution >= 4 is 76.9 Å². The van der Waals surface area contributed by atoms with Crippen molar-refractivity contribution in [3.8, 4) is 45.8 Å². The highest BCUT2D eigenvalue weighted by molar-refractivity contribution is 6.21. The standard InChI is InChI=1S/C50H27N5O2/c51-27-29-24-31(26-32(25-29)53-42-16-5-1-12-35(42)40-22-23-41-37-14-4-8-19-45(37)57-50(41)49(40)53)33-15-9-10-30(28-52)46(33)54-43-17-6-2-11-34(43)38-20-21-39-36-13-3-7-18-44(36)55(56)48(39)47(38)54/h1-26,55H. The molecule has 1 N–H and O–H groups in total. The van der Waals surface area contributed by atoms with Gasteiger partial charge >= 0.3 is 0 Å². The van der Waals surface area contributed by atoms with E-state index < -0.39 is 0 Å². The van der Waals surface area contributed by atoms with Crippen molar-refractivity contribution in [2.45, 2.75) is 0 Å². The van der Waals surface area contributed by atoms with E-state index in [0.717, 1.165) is 93.5 Å². The van der Waals surface area contributed by atoms with Crippen molar-refractivity contribution < 1.29 is 9.48 Å². The minimum Gasteiger partial charge on any atom is -0.623 e. The first kappa shape index (κ1) is 31.4. The van der Waals surface area contributed by atoms with Crippen molar-refractivity contribution in [1.29, 1.82) is 10.5 Å². The van der Waals surface area contributed by atoms with Gasteiger partial charge in [-0.3, -0.25) is 0 Å². The third-order valence-electron chi connectivity index (χ3n) is 11.7. The second kappa shape index (κ2) is 11.5. The summed E-state index contributed by atoms with van der Waals surface area (Å²) in [6.45, 7) is 0. The van der Waals surface area contributed by atoms with Crippen LogP contribution in [0.4, 0.5) is 11.4 Å². The summed E-state index contributed by atoms with van der Waals surface area (Å²) < 4.78 is 10.9. The van der Waals surface area contributed by atoms with Gasteiger partial charge in [0.05, 0.1) is 45.0 Å². The molecule has 8 aromatic carbocycles. The average Bonchev–Trinajstić information content (AvgIpc) is 4.00. The van der Waals surface area contributed by atoms with Crippen LogP contribution in [-0.2, 0) is 0 Å². The number of para-hydroxylation sites is 5. The summed E-state index contributed by atoms with van der Waals surface area (Å²) >= 11 is 0. The number of quaternary nitrogens is 1. The van der Waals surface area contributed by atoms with Crippen LogP contribution in [0.5, 0.6) is 0 Å². The molecule has 0 amide bonds. The van der Waals surface area contributed by atoms with Crippen molar-refractivity contribution in [3.05, 3.63) is 174 Å². The molecule has 57 heavy (non-hydrogen) atoms. The molecular formula is C50H27N5O2. The number of fused-ring (bicyclic) bond motifs is 14. The fourth-order valence-electron chi connectivity index (χ4n) is 9.36. The van der Waals surface area contributed by atoms with Gasteiger partial charge in [0.2, 0.25) is 0 Å². The molecule has 0 bridgehead atoms. The van der Waals surface area contributed by atoms with Crippen LogP contribution in [0.3, 0.4) is 0 Å². The Morgan fingerprint density at radius 2 is 1.19 bits per heavy atom. The second-order valence-electron chi connectivity index (χ2n) is 14.6. The highest BCUT2D eigenvalue weighted by Gasteiger charge is 2.33. The monoisotopic (exact) mass is 729 g/mol. The summed E-state index contributed by atoms with van der Waals surface area (Å²) in [4.78, 5) is 0. The zero-order valence-corrected chi connectivity index (χ0v) is 30.1. The highest BCUT2D eigenvalue weighted by atomic mass is 16.5. The van der Waals surface area contributed by atoms with Gasteiger partial charge in [0.1, 0.15) is 22.9 Å². The molecule has 1 aliphatic heterocycles. The maximum atomic E-state index is 14.4. The number of furan rings is 1. The number of nitrogens with one attached hydrogen (secondary N) is 1. The van der Waals surface area contributed by atoms with Gasteiger partial charge in [-0.1, -0.05) is 91.0 Å². The molecule has 3 aromatic heterocycles. The van der Waals surface area contributed by atoms with Crippen LogP contribution in [-0.4, -0.2) is 9.13 Å². The highest BCUT2D eigenvalue weighted by Crippen LogP contribution is 2.47. The maximum absolute atomic E-state index is 14.4. The van der Waals surface area contributed by atoms with Crippen LogP contribution in [0.1, 0.15) is 11.1 Å². The SMILES string of the molecule is N#Cc1cc(-c2cccc(C#N)c2-n2c3ccccc3c3ccc4c(c32)[NH+]([O-])c2ccccc2-4)cc(-n2c3ccccc3c3ccc4c5ccccc5oc4c32)c1. The quantitative estimate of drug-likeness (QED) is 0.183. The van der Waals surface area contributed by atoms with Crippen molar-refractivity contribution in [2.24, 2.45) is 0 Å². The zero-order chi connectivity index (χ0) is 37.9. The Morgan fingerprint density at radius 3 is 2.00 bits per heavy atom. The molecule has 4 heterocycles. The van der Waals surface area contributed by atoms with Crippen molar-refractivity contribution in [1.82, 2.24) is 9.13 Å². The summed E-state index contributed by atoms with van der Waals surface area (Å²) in [7, 11) is 0. The fourth-order valence-corrected chi connectivity index (χ4v) is 9.36. The third-order valence-corrected chi connectivity index (χ3v) is 11.7. The van der Waals surface area contributed by atoms with Gasteiger partial charge < -0.3 is 23.8 Å². The van der Waals surface area contributed by atoms with E-state index in [2.05, 4.69) is 69.8 Å². The van der Waals surface area contributed by atoms with Crippen LogP contribution in [0.15, 0.2) is 162 Å². The average molecular weight is 730 g/mol. The van der Waals surface area contributed by atoms with E-state index in [-0.39, 0.29) is 5.06 Å². The summed E-state index contributed by atoms with van der Waals surface area (Å²) in [5.41, 5.74) is 12.0. The predicted octanol–water partition coefficient (Wildman–Crippen LogP) is 11.5. The topological polar surface area (TPSA) is 98.1 Å². The van der Waals surface area contributed by atoms with E-state index >= 15 is 0 Å². The lowest BCUT2D eigenvalue weighted by Crippen LogP contribution is -2.95. The Morgan fingerprint density at radius 1 is 0.526 bits per heavy atom. The number of nitrogens with zero attached hydrogens (tertiary/aromatic N) is 4. The number of rotatable bonds is 3. The second-order valence-corrected chi connectivity index (χ2v) is 14.6. The minimum absolute atomic E-state index is 0.0386. The van der Waals surface area contributed by atoms with Crippen LogP contribution >= 0.6 is 0 Å². The molecule has 1 aliphatic rings. The van der Waals surface area contributed by atoms with Gasteiger partial charge in [0.25, 0.3) is 0 Å². The van der Waals surface area contributed by atoms with E-state index in [9.17, 15) is 15.7 Å². The number of hydrogen-bond acceptors (Lipinski definition) is 4. The Hall–Kier alpha value is -7.94. The summed E-state index contributed by atoms with van der Waals surface area (Å²) in [5.74, 6) is 0. The van der Waals surface area contributed by atoms with Crippen molar-refractivity contribution in [2.75, 3.05) is 0 Å². The molecule has 1 unspecified atom stereocenters. The number of hydrogen-bond donors (Lipinski definition) is 1. The molecule has 12 rings (SSSR count). The molecule has 0 saturated carbocycles. The smallest absolute Gasteiger partial charge is 0.169 e. The molecule has 11 aromatic rings. The normalized spacial score (nSPS) is 13.5. The Balaban J connectivity index is 1.18. The number of aromatic nitrogens is 2. The lowest BCUT2D eigenvalue weighted by molar-refractivity contribution is -0.692. The molecule has 7 heteroatoms. The van der Waals surface area contributed by atoms with Gasteiger partial charge in [0.15, 0.2) is 11.3 Å². The predicted molar refractivity (Wildman–Crippen MR) is 226 cm³/mol. The molecule has 0 spiro atoms. The largest absolute Gasteiger partial charge is 0.623 e.